The summed E-state index contributed by atoms with van der Waals surface area (Å²) in [5.41, 5.74) is 1.19. The van der Waals surface area contributed by atoms with Gasteiger partial charge in [-0.1, -0.05) is 30.3 Å². The molecular weight excluding hydrogens is 308 g/mol. The number of benzene rings is 1. The Hall–Kier alpha value is -2.25. The second-order valence-corrected chi connectivity index (χ2v) is 5.91. The molecule has 1 aromatic carbocycles. The van der Waals surface area contributed by atoms with Crippen LogP contribution in [0.25, 0.3) is 0 Å². The Morgan fingerprint density at radius 2 is 2.12 bits per heavy atom. The maximum atomic E-state index is 12.4. The summed E-state index contributed by atoms with van der Waals surface area (Å²) in [7, 11) is 1.58. The minimum absolute atomic E-state index is 0.0244. The number of hydrogen-bond donors (Lipinski definition) is 1. The fourth-order valence-corrected chi connectivity index (χ4v) is 3.05. The molecule has 2 heterocycles. The zero-order valence-electron chi connectivity index (χ0n) is 13.8. The SMILES string of the molecule is COCc1nc(CN2C[C@@H](c3ccccc3)CC2=O)n(CCO)n1. The van der Waals surface area contributed by atoms with Crippen LogP contribution in [0.1, 0.15) is 29.6 Å². The lowest BCUT2D eigenvalue weighted by Crippen LogP contribution is -2.26. The zero-order valence-corrected chi connectivity index (χ0v) is 13.8. The highest BCUT2D eigenvalue weighted by molar-refractivity contribution is 5.79. The van der Waals surface area contributed by atoms with Crippen LogP contribution in [0.2, 0.25) is 0 Å². The zero-order chi connectivity index (χ0) is 16.9. The van der Waals surface area contributed by atoms with E-state index in [2.05, 4.69) is 22.2 Å². The van der Waals surface area contributed by atoms with Crippen molar-refractivity contribution in [1.82, 2.24) is 19.7 Å². The molecule has 1 aromatic heterocycles. The van der Waals surface area contributed by atoms with Gasteiger partial charge in [0.05, 0.1) is 19.7 Å². The lowest BCUT2D eigenvalue weighted by Gasteiger charge is -2.16. The van der Waals surface area contributed by atoms with Crippen LogP contribution >= 0.6 is 0 Å². The number of likely N-dealkylation sites (tertiary alicyclic amines) is 1. The van der Waals surface area contributed by atoms with Crippen molar-refractivity contribution in [2.75, 3.05) is 20.3 Å². The van der Waals surface area contributed by atoms with E-state index in [1.807, 2.05) is 23.1 Å². The first-order chi connectivity index (χ1) is 11.7. The van der Waals surface area contributed by atoms with Gasteiger partial charge in [-0.25, -0.2) is 9.67 Å². The molecule has 1 aliphatic heterocycles. The molecule has 0 saturated carbocycles. The highest BCUT2D eigenvalue weighted by Crippen LogP contribution is 2.28. The number of aromatic nitrogens is 3. The van der Waals surface area contributed by atoms with E-state index in [0.29, 0.717) is 44.3 Å². The number of amides is 1. The summed E-state index contributed by atoms with van der Waals surface area (Å²) in [4.78, 5) is 18.6. The number of carbonyl (C=O) groups excluding carboxylic acids is 1. The molecule has 0 radical (unpaired) electrons. The van der Waals surface area contributed by atoms with Crippen LogP contribution in [-0.4, -0.2) is 50.9 Å². The highest BCUT2D eigenvalue weighted by Gasteiger charge is 2.31. The van der Waals surface area contributed by atoms with E-state index in [1.54, 1.807) is 11.8 Å². The fraction of sp³-hybridized carbons (Fsp3) is 0.471. The largest absolute Gasteiger partial charge is 0.394 e. The predicted molar refractivity (Wildman–Crippen MR) is 87.0 cm³/mol. The molecule has 7 heteroatoms. The summed E-state index contributed by atoms with van der Waals surface area (Å²) >= 11 is 0. The molecule has 1 saturated heterocycles. The van der Waals surface area contributed by atoms with Crippen molar-refractivity contribution in [1.29, 1.82) is 0 Å². The molecule has 128 valence electrons. The third-order valence-electron chi connectivity index (χ3n) is 4.20. The molecule has 1 atom stereocenters. The van der Waals surface area contributed by atoms with Gasteiger partial charge in [0.25, 0.3) is 0 Å². The van der Waals surface area contributed by atoms with Crippen molar-refractivity contribution in [2.24, 2.45) is 0 Å². The van der Waals surface area contributed by atoms with Crippen LogP contribution in [0.15, 0.2) is 30.3 Å². The molecule has 1 fully saturated rings. The van der Waals surface area contributed by atoms with Gasteiger partial charge in [-0.2, -0.15) is 5.10 Å². The van der Waals surface area contributed by atoms with E-state index in [9.17, 15) is 9.90 Å². The maximum absolute atomic E-state index is 12.4. The fourth-order valence-electron chi connectivity index (χ4n) is 3.05. The monoisotopic (exact) mass is 330 g/mol. The van der Waals surface area contributed by atoms with Crippen molar-refractivity contribution in [3.05, 3.63) is 47.5 Å². The van der Waals surface area contributed by atoms with Crippen molar-refractivity contribution in [3.8, 4) is 0 Å². The number of aliphatic hydroxyl groups excluding tert-OH is 1. The van der Waals surface area contributed by atoms with E-state index in [0.717, 1.165) is 0 Å². The normalized spacial score (nSPS) is 17.7. The second kappa shape index (κ2) is 7.55. The Kier molecular flexibility index (Phi) is 5.22. The summed E-state index contributed by atoms with van der Waals surface area (Å²) in [5.74, 6) is 1.58. The van der Waals surface area contributed by atoms with Crippen LogP contribution in [-0.2, 0) is 29.2 Å². The first kappa shape index (κ1) is 16.6. The topological polar surface area (TPSA) is 80.5 Å². The smallest absolute Gasteiger partial charge is 0.223 e. The molecule has 2 aromatic rings. The highest BCUT2D eigenvalue weighted by atomic mass is 16.5. The van der Waals surface area contributed by atoms with Gasteiger partial charge in [-0.3, -0.25) is 4.79 Å². The van der Waals surface area contributed by atoms with E-state index < -0.39 is 0 Å². The van der Waals surface area contributed by atoms with Gasteiger partial charge in [0.2, 0.25) is 5.91 Å². The lowest BCUT2D eigenvalue weighted by atomic mass is 9.99. The molecule has 0 aliphatic carbocycles. The van der Waals surface area contributed by atoms with Gasteiger partial charge in [-0.05, 0) is 5.56 Å². The molecule has 0 spiro atoms. The van der Waals surface area contributed by atoms with Crippen LogP contribution in [0.4, 0.5) is 0 Å². The molecule has 3 rings (SSSR count). The Morgan fingerprint density at radius 1 is 1.33 bits per heavy atom. The van der Waals surface area contributed by atoms with Gasteiger partial charge in [-0.15, -0.1) is 0 Å². The summed E-state index contributed by atoms with van der Waals surface area (Å²) in [6.45, 7) is 1.72. The third-order valence-corrected chi connectivity index (χ3v) is 4.20. The number of rotatable bonds is 7. The van der Waals surface area contributed by atoms with E-state index in [4.69, 9.17) is 4.74 Å². The van der Waals surface area contributed by atoms with Crippen LogP contribution < -0.4 is 0 Å². The number of ether oxygens (including phenoxy) is 1. The molecule has 1 aliphatic rings. The van der Waals surface area contributed by atoms with Crippen molar-refractivity contribution < 1.29 is 14.6 Å². The molecular formula is C17H22N4O3. The number of hydrogen-bond acceptors (Lipinski definition) is 5. The summed E-state index contributed by atoms with van der Waals surface area (Å²) < 4.78 is 6.71. The van der Waals surface area contributed by atoms with Crippen molar-refractivity contribution in [3.63, 3.8) is 0 Å². The van der Waals surface area contributed by atoms with Gasteiger partial charge in [0.15, 0.2) is 5.82 Å². The van der Waals surface area contributed by atoms with E-state index in [-0.39, 0.29) is 18.4 Å². The van der Waals surface area contributed by atoms with Gasteiger partial charge in [0, 0.05) is 26.0 Å². The molecule has 1 N–H and O–H groups in total. The Balaban J connectivity index is 1.72. The molecule has 1 amide bonds. The van der Waals surface area contributed by atoms with Crippen molar-refractivity contribution >= 4 is 5.91 Å². The Morgan fingerprint density at radius 3 is 2.83 bits per heavy atom. The average molecular weight is 330 g/mol. The minimum atomic E-state index is -0.0244. The lowest BCUT2D eigenvalue weighted by molar-refractivity contribution is -0.128. The van der Waals surface area contributed by atoms with Crippen LogP contribution in [0.5, 0.6) is 0 Å². The van der Waals surface area contributed by atoms with Crippen molar-refractivity contribution in [2.45, 2.75) is 32.0 Å². The Bertz CT molecular complexity index is 686. The average Bonchev–Trinajstić information content (AvgIpc) is 3.14. The summed E-state index contributed by atoms with van der Waals surface area (Å²) in [6.07, 6.45) is 0.517. The van der Waals surface area contributed by atoms with Crippen LogP contribution in [0.3, 0.4) is 0 Å². The first-order valence-corrected chi connectivity index (χ1v) is 8.06. The van der Waals surface area contributed by atoms with Gasteiger partial charge < -0.3 is 14.7 Å². The second-order valence-electron chi connectivity index (χ2n) is 5.91. The number of aliphatic hydroxyl groups is 1. The number of methoxy groups -OCH3 is 1. The number of carbonyl (C=O) groups is 1. The Labute approximate surface area is 140 Å². The van der Waals surface area contributed by atoms with E-state index >= 15 is 0 Å². The molecule has 24 heavy (non-hydrogen) atoms. The molecule has 0 bridgehead atoms. The van der Waals surface area contributed by atoms with E-state index in [1.165, 1.54) is 5.56 Å². The summed E-state index contributed by atoms with van der Waals surface area (Å²) in [5, 5.41) is 13.5. The van der Waals surface area contributed by atoms with Gasteiger partial charge >= 0.3 is 0 Å². The summed E-state index contributed by atoms with van der Waals surface area (Å²) in [6, 6.07) is 10.1. The maximum Gasteiger partial charge on any atom is 0.223 e. The number of nitrogens with zero attached hydrogens (tertiary/aromatic N) is 4. The predicted octanol–water partition coefficient (Wildman–Crippen LogP) is 0.933. The van der Waals surface area contributed by atoms with Crippen LogP contribution in [0, 0.1) is 0 Å². The quantitative estimate of drug-likeness (QED) is 0.817. The standard InChI is InChI=1S/C17H22N4O3/c1-24-12-15-18-16(21(19-15)7-8-22)11-20-10-14(9-17(20)23)13-5-3-2-4-6-13/h2-6,14,22H,7-12H2,1H3/t14-/m0/s1. The first-order valence-electron chi connectivity index (χ1n) is 8.06. The third kappa shape index (κ3) is 3.63. The van der Waals surface area contributed by atoms with Gasteiger partial charge in [0.1, 0.15) is 12.4 Å². The molecule has 0 unspecified atom stereocenters. The molecule has 7 nitrogen and oxygen atoms in total. The minimum Gasteiger partial charge on any atom is -0.394 e.